The summed E-state index contributed by atoms with van der Waals surface area (Å²) in [5.74, 6) is -7.00. The van der Waals surface area contributed by atoms with Crippen molar-refractivity contribution in [2.45, 2.75) is 166 Å². The number of aryl methyl sites for hydroxylation is 2. The fourth-order valence-corrected chi connectivity index (χ4v) is 13.1. The van der Waals surface area contributed by atoms with Gasteiger partial charge in [0, 0.05) is 62.0 Å². The number of amides is 2. The summed E-state index contributed by atoms with van der Waals surface area (Å²) in [6.45, 7) is 16.0. The Morgan fingerprint density at radius 3 is 1.22 bits per heavy atom. The molecule has 101 heavy (non-hydrogen) atoms. The van der Waals surface area contributed by atoms with Gasteiger partial charge < -0.3 is 59.2 Å². The third-order valence-electron chi connectivity index (χ3n) is 15.4. The topological polar surface area (TPSA) is 316 Å². The van der Waals surface area contributed by atoms with Gasteiger partial charge in [-0.15, -0.1) is 0 Å². The first-order valence-electron chi connectivity index (χ1n) is 31.0. The second-order valence-corrected chi connectivity index (χ2v) is 28.4. The number of aliphatic hydroxyl groups excluding tert-OH is 4. The van der Waals surface area contributed by atoms with Crippen molar-refractivity contribution >= 4 is 52.2 Å². The Bertz CT molecular complexity index is 4300. The van der Waals surface area contributed by atoms with Crippen molar-refractivity contribution in [3.05, 3.63) is 207 Å². The van der Waals surface area contributed by atoms with Crippen molar-refractivity contribution in [2.75, 3.05) is 0 Å². The van der Waals surface area contributed by atoms with Crippen LogP contribution >= 0.6 is 0 Å². The summed E-state index contributed by atoms with van der Waals surface area (Å²) >= 11 is 0. The molecule has 0 fully saturated rings. The van der Waals surface area contributed by atoms with E-state index in [0.29, 0.717) is 45.0 Å². The molecule has 0 saturated carbocycles. The standard InChI is InChI=1S/C38H44F2N2O7S.C34H36F2N2O7S.B.3Na.H2O/c1-23(2)35-34(37(46)41-50(47,48)31-17-7-24(3)8-18-31)33(25-9-13-27(39)14-10-25)36(26-11-15-28(40)16-12-26)42(35)20-19-29(43)21-30(44)22-32(45)49-38(4,5)6;1-20(2)32-31(34(43)37-46(44,45)28-14-4-21(3)5-15-28)30(22-6-10-24(35)11-7-22)33(23-8-12-25(36)13-9-23)38(32)17-16-26(39)18-27(40)19-29(41)42;;;;;/h7-18,23,29-30,43-44H,19-22H2,1-6H3,(H,41,46);4-15,20,26-27,39-40H,16-19H2,1-3H3,(H2,37,41,42,43);;;;;1H2/q;;;3*+1;/p-3/t29-,30-;26-,27-;;;;;/m11...../s1. The Hall–Kier alpha value is -5.76. The van der Waals surface area contributed by atoms with Gasteiger partial charge in [0.25, 0.3) is 15.9 Å². The molecular weight excluding hydrogens is 1380 g/mol. The van der Waals surface area contributed by atoms with Crippen molar-refractivity contribution < 1.29 is 178 Å². The van der Waals surface area contributed by atoms with Crippen LogP contribution < -0.4 is 98.5 Å². The van der Waals surface area contributed by atoms with Gasteiger partial charge >= 0.3 is 94.6 Å². The van der Waals surface area contributed by atoms with Crippen LogP contribution in [0.3, 0.4) is 0 Å². The Balaban J connectivity index is 0.000000656. The first-order chi connectivity index (χ1) is 45.0. The molecule has 6 aromatic carbocycles. The second kappa shape index (κ2) is 39.9. The molecule has 19 nitrogen and oxygen atoms in total. The number of ether oxygens (including phenoxy) is 1. The average Bonchev–Trinajstić information content (AvgIpc) is 1.60. The molecule has 0 unspecified atom stereocenters. The fourth-order valence-electron chi connectivity index (χ4n) is 11.2. The predicted molar refractivity (Wildman–Crippen MR) is 361 cm³/mol. The van der Waals surface area contributed by atoms with E-state index in [1.54, 1.807) is 81.9 Å². The van der Waals surface area contributed by atoms with Crippen molar-refractivity contribution in [3.63, 3.8) is 0 Å². The largest absolute Gasteiger partial charge is 1.00 e. The number of sulfonamides is 2. The fraction of sp³-hybridized carbons (Fsp3) is 0.333. The number of esters is 1. The number of aliphatic carboxylic acids is 1. The van der Waals surface area contributed by atoms with Crippen molar-refractivity contribution in [3.8, 4) is 44.8 Å². The number of carboxylic acids is 1. The first kappa shape index (κ1) is 91.3. The number of carboxylic acid groups (broad SMARTS) is 1. The molecule has 8 rings (SSSR count). The van der Waals surface area contributed by atoms with E-state index in [9.17, 15) is 79.1 Å². The van der Waals surface area contributed by atoms with Gasteiger partial charge in [0.05, 0.1) is 63.5 Å². The maximum Gasteiger partial charge on any atom is 1.00 e. The molecule has 0 aliphatic carbocycles. The third-order valence-corrected chi connectivity index (χ3v) is 18.0. The number of hydrogen-bond donors (Lipinski definition) is 5. The molecule has 0 spiro atoms. The number of nitrogens with zero attached hydrogens (tertiary/aromatic N) is 3. The molecule has 0 bridgehead atoms. The zero-order chi connectivity index (χ0) is 70.7. The summed E-state index contributed by atoms with van der Waals surface area (Å²) in [6, 6.07) is 33.4. The molecule has 29 heteroatoms. The van der Waals surface area contributed by atoms with Crippen LogP contribution in [0.2, 0.25) is 0 Å². The number of halogens is 4. The number of aromatic nitrogens is 2. The van der Waals surface area contributed by atoms with Crippen molar-refractivity contribution in [1.82, 2.24) is 13.9 Å². The number of hydrogen-bond acceptors (Lipinski definition) is 15. The van der Waals surface area contributed by atoms with Gasteiger partial charge in [0.1, 0.15) is 38.9 Å². The summed E-state index contributed by atoms with van der Waals surface area (Å²) in [5.41, 5.74) is 4.60. The van der Waals surface area contributed by atoms with Gasteiger partial charge in [-0.3, -0.25) is 9.59 Å². The maximum absolute atomic E-state index is 14.3. The Morgan fingerprint density at radius 1 is 0.525 bits per heavy atom. The number of aliphatic hydroxyl groups is 4. The van der Waals surface area contributed by atoms with Gasteiger partial charge in [-0.1, -0.05) is 87.4 Å². The number of carbonyl (C=O) groups is 4. The van der Waals surface area contributed by atoms with Gasteiger partial charge in [-0.05, 0) is 191 Å². The van der Waals surface area contributed by atoms with Crippen LogP contribution in [0.1, 0.15) is 142 Å². The SMILES string of the molecule is Cc1ccc(S(=O)(=O)NC(=O)c2c(-c3ccc(F)cc3)c(-c3ccc(F)cc3)n(CC[C@@H](O)C[C@@H](O)CC(=O)OC(C)(C)C)c2C(C)C)cc1.Cc1ccc(S(=O)(=O)[N-]C(=O)c2c(-c3ccc(F)cc3)c(-c3ccc(F)cc3)n(CC[C@@H](O)C[C@@H](O)CC(=O)[O-])c2C(C)C)cc1.[B].[Na+].[Na+].[Na+].[OH-]. The van der Waals surface area contributed by atoms with E-state index in [4.69, 9.17) is 4.74 Å². The molecule has 2 amide bonds. The van der Waals surface area contributed by atoms with E-state index in [0.717, 1.165) is 11.1 Å². The average molecular weight is 1460 g/mol. The van der Waals surface area contributed by atoms with E-state index < -0.39 is 109 Å². The normalized spacial score (nSPS) is 12.5. The van der Waals surface area contributed by atoms with Gasteiger partial charge in [0.2, 0.25) is 0 Å². The van der Waals surface area contributed by atoms with E-state index in [-0.39, 0.29) is 186 Å². The molecule has 2 heterocycles. The number of rotatable bonds is 26. The summed E-state index contributed by atoms with van der Waals surface area (Å²) in [5, 5.41) is 53.2. The van der Waals surface area contributed by atoms with E-state index in [2.05, 4.69) is 9.44 Å². The minimum absolute atomic E-state index is 0. The molecule has 0 saturated heterocycles. The predicted octanol–water partition coefficient (Wildman–Crippen LogP) is 2.42. The van der Waals surface area contributed by atoms with Gasteiger partial charge in [0.15, 0.2) is 0 Å². The van der Waals surface area contributed by atoms with Crippen molar-refractivity contribution in [2.24, 2.45) is 0 Å². The molecule has 523 valence electrons. The monoisotopic (exact) mass is 1460 g/mol. The summed E-state index contributed by atoms with van der Waals surface area (Å²) in [6.07, 6.45) is -6.15. The molecule has 8 aromatic rings. The van der Waals surface area contributed by atoms with Crippen LogP contribution in [0.5, 0.6) is 0 Å². The van der Waals surface area contributed by atoms with Crippen molar-refractivity contribution in [1.29, 1.82) is 0 Å². The van der Waals surface area contributed by atoms with Gasteiger partial charge in [-0.25, -0.2) is 39.1 Å². The Morgan fingerprint density at radius 2 is 0.861 bits per heavy atom. The number of carbonyl (C=O) groups excluding carboxylic acids is 4. The Kier molecular flexibility index (Phi) is 36.1. The Labute approximate surface area is 655 Å². The number of benzene rings is 6. The molecule has 0 aliphatic rings. The quantitative estimate of drug-likeness (QED) is 0.0295. The van der Waals surface area contributed by atoms with Crippen LogP contribution in [0.4, 0.5) is 17.6 Å². The minimum Gasteiger partial charge on any atom is -0.870 e. The zero-order valence-electron chi connectivity index (χ0n) is 58.5. The zero-order valence-corrected chi connectivity index (χ0v) is 66.2. The molecule has 4 atom stereocenters. The minimum atomic E-state index is -4.46. The molecule has 0 aliphatic heterocycles. The maximum atomic E-state index is 14.3. The van der Waals surface area contributed by atoms with Crippen LogP contribution in [0.25, 0.3) is 49.5 Å². The van der Waals surface area contributed by atoms with Gasteiger partial charge in [-0.2, -0.15) is 0 Å². The van der Waals surface area contributed by atoms with Crippen LogP contribution in [-0.2, 0) is 47.5 Å². The smallest absolute Gasteiger partial charge is 0.870 e. The molecule has 2 aromatic heterocycles. The van der Waals surface area contributed by atoms with Crippen LogP contribution in [0, 0.1) is 37.1 Å². The summed E-state index contributed by atoms with van der Waals surface area (Å²) in [4.78, 5) is 51.2. The molecule has 6 N–H and O–H groups in total. The van der Waals surface area contributed by atoms with Crippen LogP contribution in [0.15, 0.2) is 155 Å². The first-order valence-corrected chi connectivity index (χ1v) is 33.9. The second-order valence-electron chi connectivity index (χ2n) is 25.1. The number of nitrogens with one attached hydrogen (secondary N) is 1. The van der Waals surface area contributed by atoms with E-state index in [1.165, 1.54) is 121 Å². The third kappa shape index (κ3) is 25.0. The molecule has 3 radical (unpaired) electrons. The summed E-state index contributed by atoms with van der Waals surface area (Å²) < 4.78 is 125. The molecular formula is C72H79BF4N4Na3O15S2. The summed E-state index contributed by atoms with van der Waals surface area (Å²) in [7, 11) is -8.79. The van der Waals surface area contributed by atoms with E-state index in [1.807, 2.05) is 13.8 Å². The van der Waals surface area contributed by atoms with Crippen LogP contribution in [-0.4, -0.2) is 114 Å². The van der Waals surface area contributed by atoms with E-state index >= 15 is 0 Å².